The van der Waals surface area contributed by atoms with Gasteiger partial charge in [0.1, 0.15) is 29.4 Å². The lowest BCUT2D eigenvalue weighted by atomic mass is 9.93. The average molecular weight is 539 g/mol. The fraction of sp³-hybridized carbons (Fsp3) is 0.581. The molecule has 38 heavy (non-hydrogen) atoms. The second-order valence-electron chi connectivity index (χ2n) is 11.1. The number of likely N-dealkylation sites (tertiary alicyclic amines) is 1. The van der Waals surface area contributed by atoms with Crippen molar-refractivity contribution < 1.29 is 9.47 Å². The highest BCUT2D eigenvalue weighted by molar-refractivity contribution is 6.30. The molecule has 0 radical (unpaired) electrons. The van der Waals surface area contributed by atoms with Crippen LogP contribution in [-0.2, 0) is 13.2 Å². The second-order valence-corrected chi connectivity index (χ2v) is 11.6. The fourth-order valence-electron chi connectivity index (χ4n) is 5.99. The summed E-state index contributed by atoms with van der Waals surface area (Å²) < 4.78 is 14.8. The molecule has 7 heteroatoms. The summed E-state index contributed by atoms with van der Waals surface area (Å²) in [6.07, 6.45) is 8.67. The van der Waals surface area contributed by atoms with Gasteiger partial charge in [0.25, 0.3) is 0 Å². The number of hydrogen-bond donors (Lipinski definition) is 1. The number of aryl methyl sites for hydroxylation is 1. The monoisotopic (exact) mass is 538 g/mol. The standard InChI is InChI=1S/C31H43ClN4O2/c1-24-6-3-18-35(22-24)19-5-21-37-29-9-2-8-28-31(29)34-30(23-38-27-12-10-26(32)11-13-27)36(28)20-4-7-25-14-16-33-17-15-25/h2,8-13,24-25,33H,3-7,14-23H2,1H3. The number of nitrogens with zero attached hydrogens (tertiary/aromatic N) is 3. The Hall–Kier alpha value is -2.28. The van der Waals surface area contributed by atoms with Crippen LogP contribution in [0.15, 0.2) is 42.5 Å². The smallest absolute Gasteiger partial charge is 0.148 e. The second kappa shape index (κ2) is 13.7. The van der Waals surface area contributed by atoms with Crippen molar-refractivity contribution in [3.05, 3.63) is 53.3 Å². The first kappa shape index (κ1) is 27.3. The molecule has 3 heterocycles. The molecule has 0 bridgehead atoms. The molecule has 1 N–H and O–H groups in total. The molecule has 6 nitrogen and oxygen atoms in total. The molecular weight excluding hydrogens is 496 g/mol. The maximum atomic E-state index is 6.32. The fourth-order valence-corrected chi connectivity index (χ4v) is 6.12. The zero-order chi connectivity index (χ0) is 26.2. The molecule has 206 valence electrons. The first-order valence-electron chi connectivity index (χ1n) is 14.6. The van der Waals surface area contributed by atoms with Crippen molar-refractivity contribution in [2.24, 2.45) is 11.8 Å². The van der Waals surface area contributed by atoms with Crippen LogP contribution in [0.2, 0.25) is 5.02 Å². The van der Waals surface area contributed by atoms with Crippen molar-refractivity contribution in [1.29, 1.82) is 0 Å². The molecule has 2 fully saturated rings. The van der Waals surface area contributed by atoms with Crippen molar-refractivity contribution >= 4 is 22.6 Å². The normalized spacial score (nSPS) is 19.2. The summed E-state index contributed by atoms with van der Waals surface area (Å²) in [5.41, 5.74) is 2.07. The largest absolute Gasteiger partial charge is 0.491 e. The topological polar surface area (TPSA) is 51.6 Å². The third-order valence-electron chi connectivity index (χ3n) is 8.07. The zero-order valence-corrected chi connectivity index (χ0v) is 23.6. The molecule has 1 atom stereocenters. The SMILES string of the molecule is CC1CCCN(CCCOc2cccc3c2nc(COc2ccc(Cl)cc2)n3CCCC2CCNCC2)C1. The van der Waals surface area contributed by atoms with E-state index in [4.69, 9.17) is 26.1 Å². The molecule has 0 spiro atoms. The van der Waals surface area contributed by atoms with Gasteiger partial charge in [-0.15, -0.1) is 0 Å². The molecule has 1 aromatic heterocycles. The lowest BCUT2D eigenvalue weighted by molar-refractivity contribution is 0.170. The van der Waals surface area contributed by atoms with Crippen molar-refractivity contribution in [3.63, 3.8) is 0 Å². The van der Waals surface area contributed by atoms with Crippen molar-refractivity contribution in [1.82, 2.24) is 19.8 Å². The Bertz CT molecular complexity index is 1140. The molecule has 2 saturated heterocycles. The van der Waals surface area contributed by atoms with E-state index >= 15 is 0 Å². The van der Waals surface area contributed by atoms with Crippen LogP contribution in [-0.4, -0.2) is 53.8 Å². The molecule has 0 aliphatic carbocycles. The van der Waals surface area contributed by atoms with E-state index in [1.807, 2.05) is 24.3 Å². The van der Waals surface area contributed by atoms with Crippen LogP contribution in [0, 0.1) is 11.8 Å². The van der Waals surface area contributed by atoms with Crippen molar-refractivity contribution in [3.8, 4) is 11.5 Å². The number of nitrogens with one attached hydrogen (secondary N) is 1. The number of benzene rings is 2. The number of piperidine rings is 2. The molecule has 2 aromatic carbocycles. The summed E-state index contributed by atoms with van der Waals surface area (Å²) in [5, 5.41) is 4.19. The Morgan fingerprint density at radius 2 is 1.84 bits per heavy atom. The van der Waals surface area contributed by atoms with Crippen molar-refractivity contribution in [2.45, 2.75) is 65.0 Å². The summed E-state index contributed by atoms with van der Waals surface area (Å²) in [5.74, 6) is 4.25. The first-order valence-corrected chi connectivity index (χ1v) is 15.0. The van der Waals surface area contributed by atoms with Crippen LogP contribution in [0.5, 0.6) is 11.5 Å². The summed E-state index contributed by atoms with van der Waals surface area (Å²) in [4.78, 5) is 7.64. The number of fused-ring (bicyclic) bond motifs is 1. The zero-order valence-electron chi connectivity index (χ0n) is 22.8. The maximum Gasteiger partial charge on any atom is 0.148 e. The molecular formula is C31H43ClN4O2. The van der Waals surface area contributed by atoms with Crippen LogP contribution < -0.4 is 14.8 Å². The lowest BCUT2D eigenvalue weighted by Gasteiger charge is -2.30. The summed E-state index contributed by atoms with van der Waals surface area (Å²) in [7, 11) is 0. The number of aromatic nitrogens is 2. The predicted octanol–water partition coefficient (Wildman–Crippen LogP) is 6.55. The van der Waals surface area contributed by atoms with Gasteiger partial charge in [-0.25, -0.2) is 4.98 Å². The van der Waals surface area contributed by atoms with Crippen molar-refractivity contribution in [2.75, 3.05) is 39.3 Å². The lowest BCUT2D eigenvalue weighted by Crippen LogP contribution is -2.35. The van der Waals surface area contributed by atoms with Gasteiger partial charge in [-0.1, -0.05) is 24.6 Å². The minimum absolute atomic E-state index is 0.413. The molecule has 0 saturated carbocycles. The van der Waals surface area contributed by atoms with Gasteiger partial charge in [-0.05, 0) is 113 Å². The highest BCUT2D eigenvalue weighted by atomic mass is 35.5. The quantitative estimate of drug-likeness (QED) is 0.265. The molecule has 3 aromatic rings. The van der Waals surface area contributed by atoms with Gasteiger partial charge in [0.15, 0.2) is 0 Å². The van der Waals surface area contributed by atoms with Gasteiger partial charge >= 0.3 is 0 Å². The number of rotatable bonds is 12. The van der Waals surface area contributed by atoms with Crippen LogP contribution in [0.4, 0.5) is 0 Å². The molecule has 1 unspecified atom stereocenters. The van der Waals surface area contributed by atoms with Gasteiger partial charge in [0.2, 0.25) is 0 Å². The highest BCUT2D eigenvalue weighted by Gasteiger charge is 2.18. The Labute approximate surface area is 232 Å². The number of halogens is 1. The Balaban J connectivity index is 1.26. The van der Waals surface area contributed by atoms with Gasteiger partial charge in [-0.3, -0.25) is 0 Å². The van der Waals surface area contributed by atoms with Gasteiger partial charge in [0, 0.05) is 24.7 Å². The van der Waals surface area contributed by atoms with Gasteiger partial charge < -0.3 is 24.3 Å². The third kappa shape index (κ3) is 7.43. The molecule has 5 rings (SSSR count). The van der Waals surface area contributed by atoms with E-state index in [0.29, 0.717) is 18.2 Å². The van der Waals surface area contributed by atoms with E-state index in [1.165, 1.54) is 45.2 Å². The highest BCUT2D eigenvalue weighted by Crippen LogP contribution is 2.28. The van der Waals surface area contributed by atoms with Crippen LogP contribution in [0.3, 0.4) is 0 Å². The minimum atomic E-state index is 0.413. The van der Waals surface area contributed by atoms with Crippen LogP contribution in [0.25, 0.3) is 11.0 Å². The Morgan fingerprint density at radius 1 is 1.00 bits per heavy atom. The summed E-state index contributed by atoms with van der Waals surface area (Å²) in [6, 6.07) is 13.8. The minimum Gasteiger partial charge on any atom is -0.491 e. The summed E-state index contributed by atoms with van der Waals surface area (Å²) >= 11 is 6.06. The molecule has 2 aliphatic rings. The molecule has 2 aliphatic heterocycles. The summed E-state index contributed by atoms with van der Waals surface area (Å²) in [6.45, 7) is 10.3. The predicted molar refractivity (Wildman–Crippen MR) is 155 cm³/mol. The third-order valence-corrected chi connectivity index (χ3v) is 8.32. The Kier molecular flexibility index (Phi) is 9.83. The van der Waals surface area contributed by atoms with Crippen LogP contribution in [0.1, 0.15) is 57.7 Å². The van der Waals surface area contributed by atoms with E-state index in [-0.39, 0.29) is 0 Å². The van der Waals surface area contributed by atoms with Crippen LogP contribution >= 0.6 is 11.6 Å². The first-order chi connectivity index (χ1) is 18.7. The maximum absolute atomic E-state index is 6.32. The van der Waals surface area contributed by atoms with E-state index < -0.39 is 0 Å². The van der Waals surface area contributed by atoms with E-state index in [0.717, 1.165) is 79.2 Å². The van der Waals surface area contributed by atoms with Gasteiger partial charge in [0.05, 0.1) is 12.1 Å². The number of hydrogen-bond acceptors (Lipinski definition) is 5. The molecule has 0 amide bonds. The number of ether oxygens (including phenoxy) is 2. The van der Waals surface area contributed by atoms with E-state index in [9.17, 15) is 0 Å². The Morgan fingerprint density at radius 3 is 2.66 bits per heavy atom. The number of para-hydroxylation sites is 1. The van der Waals surface area contributed by atoms with E-state index in [2.05, 4.69) is 39.9 Å². The van der Waals surface area contributed by atoms with Gasteiger partial charge in [-0.2, -0.15) is 0 Å². The van der Waals surface area contributed by atoms with E-state index in [1.54, 1.807) is 0 Å². The average Bonchev–Trinajstić information content (AvgIpc) is 3.29. The number of imidazole rings is 1.